The van der Waals surface area contributed by atoms with Crippen LogP contribution in [0.2, 0.25) is 0 Å². The second-order valence-electron chi connectivity index (χ2n) is 6.70. The highest BCUT2D eigenvalue weighted by atomic mass is 16.3. The van der Waals surface area contributed by atoms with Gasteiger partial charge in [-0.15, -0.1) is 10.2 Å². The molecule has 1 fully saturated rings. The van der Waals surface area contributed by atoms with E-state index in [-0.39, 0.29) is 11.9 Å². The maximum Gasteiger partial charge on any atom is 0.247 e. The number of likely N-dealkylation sites (tertiary alicyclic amines) is 1. The predicted molar refractivity (Wildman–Crippen MR) is 102 cm³/mol. The number of carbonyl (C=O) groups is 1. The minimum Gasteiger partial charge on any atom is -0.457 e. The van der Waals surface area contributed by atoms with Gasteiger partial charge in [0.2, 0.25) is 5.91 Å². The van der Waals surface area contributed by atoms with Gasteiger partial charge in [0.25, 0.3) is 0 Å². The van der Waals surface area contributed by atoms with Crippen LogP contribution in [0.5, 0.6) is 0 Å². The van der Waals surface area contributed by atoms with Gasteiger partial charge in [0, 0.05) is 24.2 Å². The molecule has 4 aromatic rings. The second kappa shape index (κ2) is 6.39. The summed E-state index contributed by atoms with van der Waals surface area (Å²) in [4.78, 5) is 14.7. The Kier molecular flexibility index (Phi) is 3.74. The zero-order valence-electron chi connectivity index (χ0n) is 14.7. The van der Waals surface area contributed by atoms with Crippen molar-refractivity contribution in [3.63, 3.8) is 0 Å². The van der Waals surface area contributed by atoms with Crippen molar-refractivity contribution in [2.45, 2.75) is 18.9 Å². The van der Waals surface area contributed by atoms with Crippen LogP contribution in [0.15, 0.2) is 65.2 Å². The molecule has 1 aromatic carbocycles. The quantitative estimate of drug-likeness (QED) is 0.522. The molecule has 0 bridgehead atoms. The number of benzene rings is 1. The highest BCUT2D eigenvalue weighted by Crippen LogP contribution is 2.31. The van der Waals surface area contributed by atoms with E-state index in [2.05, 4.69) is 10.2 Å². The summed E-state index contributed by atoms with van der Waals surface area (Å²) < 4.78 is 7.71. The monoisotopic (exact) mass is 358 g/mol. The zero-order chi connectivity index (χ0) is 18.2. The molecule has 3 aromatic heterocycles. The minimum absolute atomic E-state index is 0.0364. The van der Waals surface area contributed by atoms with Gasteiger partial charge in [-0.05, 0) is 43.2 Å². The highest BCUT2D eigenvalue weighted by molar-refractivity contribution is 5.92. The molecule has 0 N–H and O–H groups in total. The van der Waals surface area contributed by atoms with Crippen molar-refractivity contribution in [3.05, 3.63) is 72.4 Å². The molecule has 0 spiro atoms. The number of fused-ring (bicyclic) bond motifs is 2. The smallest absolute Gasteiger partial charge is 0.247 e. The second-order valence-corrected chi connectivity index (χ2v) is 6.70. The number of hydrogen-bond acceptors (Lipinski definition) is 4. The number of carbonyl (C=O) groups excluding carboxylic acids is 1. The molecule has 1 saturated heterocycles. The third-order valence-corrected chi connectivity index (χ3v) is 5.01. The molecule has 134 valence electrons. The summed E-state index contributed by atoms with van der Waals surface area (Å²) in [5.74, 6) is 1.45. The van der Waals surface area contributed by atoms with Crippen molar-refractivity contribution in [1.29, 1.82) is 0 Å². The fourth-order valence-corrected chi connectivity index (χ4v) is 3.72. The number of hydrogen-bond donors (Lipinski definition) is 0. The lowest BCUT2D eigenvalue weighted by Crippen LogP contribution is -2.30. The van der Waals surface area contributed by atoms with Crippen LogP contribution in [0.3, 0.4) is 0 Å². The molecule has 27 heavy (non-hydrogen) atoms. The lowest BCUT2D eigenvalue weighted by atomic mass is 10.2. The van der Waals surface area contributed by atoms with E-state index in [1.54, 1.807) is 12.2 Å². The van der Waals surface area contributed by atoms with Gasteiger partial charge in [-0.2, -0.15) is 0 Å². The Morgan fingerprint density at radius 2 is 2.04 bits per heavy atom. The summed E-state index contributed by atoms with van der Waals surface area (Å²) in [5, 5.41) is 9.58. The van der Waals surface area contributed by atoms with Crippen LogP contribution in [-0.4, -0.2) is 31.9 Å². The third-order valence-electron chi connectivity index (χ3n) is 5.01. The van der Waals surface area contributed by atoms with Crippen LogP contribution in [0, 0.1) is 0 Å². The zero-order valence-corrected chi connectivity index (χ0v) is 14.7. The van der Waals surface area contributed by atoms with Gasteiger partial charge in [0.1, 0.15) is 11.3 Å². The molecule has 1 unspecified atom stereocenters. The van der Waals surface area contributed by atoms with Gasteiger partial charge in [0.05, 0.1) is 6.04 Å². The van der Waals surface area contributed by atoms with E-state index >= 15 is 0 Å². The summed E-state index contributed by atoms with van der Waals surface area (Å²) in [6.07, 6.45) is 7.10. The van der Waals surface area contributed by atoms with Crippen LogP contribution in [0.4, 0.5) is 0 Å². The normalized spacial score (nSPS) is 17.5. The van der Waals surface area contributed by atoms with Crippen LogP contribution >= 0.6 is 0 Å². The lowest BCUT2D eigenvalue weighted by Gasteiger charge is -2.21. The molecule has 1 atom stereocenters. The van der Waals surface area contributed by atoms with Gasteiger partial charge in [-0.1, -0.05) is 24.3 Å². The topological polar surface area (TPSA) is 63.6 Å². The number of aromatic nitrogens is 3. The number of pyridine rings is 1. The Bertz CT molecular complexity index is 1120. The number of rotatable bonds is 3. The summed E-state index contributed by atoms with van der Waals surface area (Å²) in [7, 11) is 0. The van der Waals surface area contributed by atoms with Gasteiger partial charge in [0.15, 0.2) is 11.5 Å². The molecule has 1 amide bonds. The number of para-hydroxylation sites is 1. The Morgan fingerprint density at radius 1 is 1.15 bits per heavy atom. The standard InChI is InChI=1S/C21H18N4O2/c26-20(11-10-16-14-15-6-1-2-8-18(15)27-16)24-13-5-7-17(24)21-23-22-19-9-3-4-12-25(19)21/h1-4,6,8-12,14,17H,5,7,13H2. The lowest BCUT2D eigenvalue weighted by molar-refractivity contribution is -0.127. The van der Waals surface area contributed by atoms with Crippen molar-refractivity contribution in [2.75, 3.05) is 6.54 Å². The average Bonchev–Trinajstić information content (AvgIpc) is 3.42. The molecule has 4 heterocycles. The van der Waals surface area contributed by atoms with E-state index in [1.807, 2.05) is 64.0 Å². The van der Waals surface area contributed by atoms with E-state index in [0.717, 1.165) is 41.8 Å². The number of amides is 1. The van der Waals surface area contributed by atoms with Crippen LogP contribution in [0.1, 0.15) is 30.5 Å². The van der Waals surface area contributed by atoms with E-state index in [9.17, 15) is 4.79 Å². The molecule has 1 aliphatic heterocycles. The first-order valence-electron chi connectivity index (χ1n) is 9.06. The molecule has 0 aliphatic carbocycles. The van der Waals surface area contributed by atoms with Gasteiger partial charge in [-0.3, -0.25) is 9.20 Å². The van der Waals surface area contributed by atoms with Gasteiger partial charge in [-0.25, -0.2) is 0 Å². The number of nitrogens with zero attached hydrogens (tertiary/aromatic N) is 4. The Balaban J connectivity index is 1.40. The van der Waals surface area contributed by atoms with Gasteiger partial charge >= 0.3 is 0 Å². The highest BCUT2D eigenvalue weighted by Gasteiger charge is 2.32. The van der Waals surface area contributed by atoms with E-state index in [0.29, 0.717) is 5.76 Å². The number of furan rings is 1. The Morgan fingerprint density at radius 3 is 2.96 bits per heavy atom. The van der Waals surface area contributed by atoms with E-state index in [1.165, 1.54) is 0 Å². The summed E-state index contributed by atoms with van der Waals surface area (Å²) in [6.45, 7) is 0.718. The van der Waals surface area contributed by atoms with Crippen molar-refractivity contribution >= 4 is 28.6 Å². The molecule has 6 nitrogen and oxygen atoms in total. The Labute approximate surface area is 155 Å². The molecular weight excluding hydrogens is 340 g/mol. The van der Waals surface area contributed by atoms with E-state index in [4.69, 9.17) is 4.42 Å². The molecule has 1 aliphatic rings. The molecule has 0 radical (unpaired) electrons. The first-order chi connectivity index (χ1) is 13.3. The Hall–Kier alpha value is -3.41. The van der Waals surface area contributed by atoms with Crippen molar-refractivity contribution in [3.8, 4) is 0 Å². The molecule has 0 saturated carbocycles. The third kappa shape index (κ3) is 2.79. The largest absolute Gasteiger partial charge is 0.457 e. The van der Waals surface area contributed by atoms with Gasteiger partial charge < -0.3 is 9.32 Å². The fraction of sp³-hybridized carbons (Fsp3) is 0.190. The first-order valence-corrected chi connectivity index (χ1v) is 9.06. The predicted octanol–water partition coefficient (Wildman–Crippen LogP) is 3.85. The van der Waals surface area contributed by atoms with Crippen LogP contribution in [0.25, 0.3) is 22.7 Å². The first kappa shape index (κ1) is 15.8. The molecule has 5 rings (SSSR count). The maximum absolute atomic E-state index is 12.8. The summed E-state index contributed by atoms with van der Waals surface area (Å²) in [5.41, 5.74) is 1.61. The minimum atomic E-state index is -0.0600. The van der Waals surface area contributed by atoms with Crippen LogP contribution < -0.4 is 0 Å². The van der Waals surface area contributed by atoms with Crippen molar-refractivity contribution < 1.29 is 9.21 Å². The average molecular weight is 358 g/mol. The maximum atomic E-state index is 12.8. The fourth-order valence-electron chi connectivity index (χ4n) is 3.72. The van der Waals surface area contributed by atoms with Crippen molar-refractivity contribution in [2.24, 2.45) is 0 Å². The SMILES string of the molecule is O=C(C=Cc1cc2ccccc2o1)N1CCCC1c1nnc2ccccn12. The van der Waals surface area contributed by atoms with Crippen molar-refractivity contribution in [1.82, 2.24) is 19.5 Å². The molecular formula is C21H18N4O2. The molecule has 6 heteroatoms. The van der Waals surface area contributed by atoms with Crippen LogP contribution in [-0.2, 0) is 4.79 Å². The summed E-state index contributed by atoms with van der Waals surface area (Å²) in [6, 6.07) is 15.5. The summed E-state index contributed by atoms with van der Waals surface area (Å²) >= 11 is 0. The van der Waals surface area contributed by atoms with E-state index < -0.39 is 0 Å².